The number of carbonyl (C=O) groups is 3. The van der Waals surface area contributed by atoms with Crippen LogP contribution in [0.2, 0.25) is 0 Å². The molecule has 2 aromatic rings. The van der Waals surface area contributed by atoms with Crippen molar-refractivity contribution in [2.75, 3.05) is 17.7 Å². The van der Waals surface area contributed by atoms with Gasteiger partial charge in [0.2, 0.25) is 5.91 Å². The van der Waals surface area contributed by atoms with Crippen LogP contribution >= 0.6 is 11.3 Å². The van der Waals surface area contributed by atoms with Crippen molar-refractivity contribution >= 4 is 45.1 Å². The summed E-state index contributed by atoms with van der Waals surface area (Å²) >= 11 is -1.44. The monoisotopic (exact) mass is 501 g/mol. The molecule has 2 unspecified atom stereocenters. The van der Waals surface area contributed by atoms with Crippen molar-refractivity contribution in [2.24, 2.45) is 0 Å². The molecule has 2 heterocycles. The number of fused-ring (bicyclic) bond motifs is 1. The number of hydrogen-bond donors (Lipinski definition) is 1. The summed E-state index contributed by atoms with van der Waals surface area (Å²) < 4.78 is 57.7. The molecule has 1 aliphatic rings. The maximum atomic E-state index is 13.2. The lowest BCUT2D eigenvalue weighted by molar-refractivity contribution is -0.114. The van der Waals surface area contributed by atoms with Crippen LogP contribution in [0.3, 0.4) is 0 Å². The van der Waals surface area contributed by atoms with Crippen LogP contribution in [0.4, 0.5) is 13.8 Å². The first-order chi connectivity index (χ1) is 15.6. The highest BCUT2D eigenvalue weighted by Crippen LogP contribution is 2.41. The van der Waals surface area contributed by atoms with E-state index in [1.54, 1.807) is 6.92 Å². The first-order valence-electron chi connectivity index (χ1n) is 9.68. The van der Waals surface area contributed by atoms with Crippen molar-refractivity contribution < 1.29 is 41.4 Å². The number of nitrogens with zero attached hydrogens (tertiary/aromatic N) is 1. The lowest BCUT2D eigenvalue weighted by Crippen LogP contribution is -2.35. The summed E-state index contributed by atoms with van der Waals surface area (Å²) in [4.78, 5) is 38.7. The topological polar surface area (TPSA) is 125 Å². The number of thiophene rings is 1. The van der Waals surface area contributed by atoms with Crippen molar-refractivity contribution in [1.82, 2.24) is 4.90 Å². The van der Waals surface area contributed by atoms with E-state index < -0.39 is 41.5 Å². The Balaban J connectivity index is 2.03. The van der Waals surface area contributed by atoms with E-state index >= 15 is 0 Å². The van der Waals surface area contributed by atoms with Crippen molar-refractivity contribution in [1.29, 1.82) is 0 Å². The number of alkyl halides is 2. The van der Waals surface area contributed by atoms with E-state index in [0.29, 0.717) is 5.56 Å². The van der Waals surface area contributed by atoms with Gasteiger partial charge in [0.1, 0.15) is 5.00 Å². The van der Waals surface area contributed by atoms with Crippen molar-refractivity contribution in [3.8, 4) is 11.5 Å². The Morgan fingerprint density at radius 2 is 2.00 bits per heavy atom. The second kappa shape index (κ2) is 10.4. The summed E-state index contributed by atoms with van der Waals surface area (Å²) in [6.45, 7) is -0.0863. The average molecular weight is 502 g/mol. The number of anilines is 1. The first-order valence-corrected chi connectivity index (χ1v) is 11.8. The maximum absolute atomic E-state index is 13.2. The summed E-state index contributed by atoms with van der Waals surface area (Å²) in [6.07, 6.45) is -0.141. The zero-order valence-corrected chi connectivity index (χ0v) is 19.1. The smallest absolute Gasteiger partial charge is 0.387 e. The zero-order valence-electron chi connectivity index (χ0n) is 17.5. The van der Waals surface area contributed by atoms with Crippen LogP contribution in [0.15, 0.2) is 23.6 Å². The fraction of sp³-hybridized carbons (Fsp3) is 0.350. The zero-order chi connectivity index (χ0) is 24.3. The normalized spacial score (nSPS) is 14.9. The van der Waals surface area contributed by atoms with Crippen LogP contribution in [0, 0.1) is 0 Å². The summed E-state index contributed by atoms with van der Waals surface area (Å²) in [6, 6.07) is 2.86. The third kappa shape index (κ3) is 5.37. The summed E-state index contributed by atoms with van der Waals surface area (Å²) in [5.74, 6) is -2.44. The van der Waals surface area contributed by atoms with E-state index in [1.165, 1.54) is 30.5 Å². The van der Waals surface area contributed by atoms with Gasteiger partial charge in [-0.3, -0.25) is 23.5 Å². The molecule has 33 heavy (non-hydrogen) atoms. The average Bonchev–Trinajstić information content (AvgIpc) is 3.24. The third-order valence-corrected chi connectivity index (χ3v) is 6.17. The molecule has 1 N–H and O–H groups in total. The van der Waals surface area contributed by atoms with Crippen LogP contribution in [-0.2, 0) is 15.9 Å². The highest BCUT2D eigenvalue weighted by Gasteiger charge is 2.43. The Morgan fingerprint density at radius 3 is 2.61 bits per heavy atom. The van der Waals surface area contributed by atoms with E-state index in [-0.39, 0.29) is 46.4 Å². The molecular formula is C20H19F2N2O7S2-. The van der Waals surface area contributed by atoms with Crippen LogP contribution in [0.25, 0.3) is 0 Å². The molecule has 9 nitrogen and oxygen atoms in total. The molecule has 0 spiro atoms. The number of nitrogens with one attached hydrogen (secondary N) is 1. The fourth-order valence-electron chi connectivity index (χ4n) is 3.45. The van der Waals surface area contributed by atoms with Gasteiger partial charge < -0.3 is 19.3 Å². The largest absolute Gasteiger partial charge is 0.772 e. The molecule has 2 atom stereocenters. The first kappa shape index (κ1) is 24.7. The van der Waals surface area contributed by atoms with Gasteiger partial charge >= 0.3 is 6.61 Å². The molecular weight excluding hydrogens is 482 g/mol. The van der Waals surface area contributed by atoms with Gasteiger partial charge in [0.05, 0.1) is 23.8 Å². The van der Waals surface area contributed by atoms with E-state index in [2.05, 4.69) is 10.1 Å². The lowest BCUT2D eigenvalue weighted by Gasteiger charge is -2.28. The van der Waals surface area contributed by atoms with E-state index in [9.17, 15) is 31.9 Å². The van der Waals surface area contributed by atoms with Crippen molar-refractivity contribution in [2.45, 2.75) is 32.9 Å². The molecule has 1 aliphatic heterocycles. The SMILES string of the molecule is CCOc1cc(C(CCS(=O)[O-])N2C(=O)c3csc(NC(C)=O)c3C2=O)ccc1OC(F)F. The Morgan fingerprint density at radius 1 is 1.27 bits per heavy atom. The van der Waals surface area contributed by atoms with Gasteiger partial charge in [0.15, 0.2) is 11.5 Å². The van der Waals surface area contributed by atoms with Gasteiger partial charge in [0.25, 0.3) is 11.8 Å². The number of rotatable bonds is 10. The second-order valence-electron chi connectivity index (χ2n) is 6.85. The minimum atomic E-state index is -3.10. The number of benzene rings is 1. The van der Waals surface area contributed by atoms with E-state index in [1.807, 2.05) is 0 Å². The number of imide groups is 1. The Hall–Kier alpha value is -2.90. The van der Waals surface area contributed by atoms with Gasteiger partial charge in [-0.2, -0.15) is 8.78 Å². The quantitative estimate of drug-likeness (QED) is 0.391. The summed E-state index contributed by atoms with van der Waals surface area (Å²) in [7, 11) is 0. The fourth-order valence-corrected chi connectivity index (χ4v) is 4.84. The molecule has 3 rings (SSSR count). The van der Waals surface area contributed by atoms with Crippen LogP contribution in [0.1, 0.15) is 52.6 Å². The third-order valence-electron chi connectivity index (χ3n) is 4.70. The minimum Gasteiger partial charge on any atom is -0.772 e. The molecule has 178 valence electrons. The van der Waals surface area contributed by atoms with Crippen LogP contribution < -0.4 is 14.8 Å². The molecule has 0 bridgehead atoms. The number of hydrogen-bond acceptors (Lipinski definition) is 8. The molecule has 13 heteroatoms. The molecule has 1 aromatic carbocycles. The standard InChI is InChI=1S/C20H20F2N2O7S2/c1-3-30-15-8-11(4-5-14(15)31-20(21)22)13(6-7-33(28)29)24-18(26)12-9-32-17(23-10(2)25)16(12)19(24)27/h4-5,8-9,13,20H,3,6-7H2,1-2H3,(H,23,25)(H,28,29)/p-1. The molecule has 0 saturated carbocycles. The molecule has 0 saturated heterocycles. The van der Waals surface area contributed by atoms with Gasteiger partial charge in [-0.1, -0.05) is 17.1 Å². The van der Waals surface area contributed by atoms with Crippen LogP contribution in [0.5, 0.6) is 11.5 Å². The van der Waals surface area contributed by atoms with E-state index in [0.717, 1.165) is 16.2 Å². The Labute approximate surface area is 194 Å². The predicted octanol–water partition coefficient (Wildman–Crippen LogP) is 3.31. The number of ether oxygens (including phenoxy) is 2. The second-order valence-corrected chi connectivity index (χ2v) is 8.74. The number of amides is 3. The predicted molar refractivity (Wildman–Crippen MR) is 115 cm³/mol. The van der Waals surface area contributed by atoms with Crippen LogP contribution in [-0.4, -0.2) is 50.4 Å². The van der Waals surface area contributed by atoms with Crippen molar-refractivity contribution in [3.63, 3.8) is 0 Å². The molecule has 3 amide bonds. The Bertz CT molecular complexity index is 1110. The highest BCUT2D eigenvalue weighted by molar-refractivity contribution is 7.79. The van der Waals surface area contributed by atoms with Crippen molar-refractivity contribution in [3.05, 3.63) is 40.3 Å². The highest BCUT2D eigenvalue weighted by atomic mass is 32.2. The molecule has 0 aliphatic carbocycles. The summed E-state index contributed by atoms with van der Waals surface area (Å²) in [5, 5.41) is 4.16. The molecule has 0 radical (unpaired) electrons. The lowest BCUT2D eigenvalue weighted by atomic mass is 10.0. The van der Waals surface area contributed by atoms with Gasteiger partial charge in [-0.05, 0) is 31.0 Å². The Kier molecular flexibility index (Phi) is 7.76. The summed E-state index contributed by atoms with van der Waals surface area (Å²) in [5.41, 5.74) is 0.405. The van der Waals surface area contributed by atoms with E-state index in [4.69, 9.17) is 4.74 Å². The molecule has 0 fully saturated rings. The number of carbonyl (C=O) groups excluding carboxylic acids is 3. The maximum Gasteiger partial charge on any atom is 0.387 e. The minimum absolute atomic E-state index is 0.0242. The van der Waals surface area contributed by atoms with Gasteiger partial charge in [-0.25, -0.2) is 0 Å². The van der Waals surface area contributed by atoms with Gasteiger partial charge in [0, 0.05) is 18.1 Å². The van der Waals surface area contributed by atoms with Gasteiger partial charge in [-0.15, -0.1) is 11.3 Å². The number of halogens is 2. The molecule has 1 aromatic heterocycles.